The predicted molar refractivity (Wildman–Crippen MR) is 221 cm³/mol. The summed E-state index contributed by atoms with van der Waals surface area (Å²) in [6.07, 6.45) is 19.1. The van der Waals surface area contributed by atoms with Crippen LogP contribution in [0.3, 0.4) is 0 Å². The molecule has 0 bridgehead atoms. The summed E-state index contributed by atoms with van der Waals surface area (Å²) in [5.74, 6) is 0. The van der Waals surface area contributed by atoms with Gasteiger partial charge in [-0.15, -0.1) is 22.7 Å². The Bertz CT molecular complexity index is 2390. The number of nitrogens with zero attached hydrogens (tertiary/aromatic N) is 2. The molecule has 6 rings (SSSR count). The Morgan fingerprint density at radius 3 is 2.19 bits per heavy atom. The van der Waals surface area contributed by atoms with Gasteiger partial charge in [0.05, 0.1) is 10.1 Å². The fourth-order valence-corrected chi connectivity index (χ4v) is 11.8. The number of allylic oxidation sites excluding steroid dienone is 6. The van der Waals surface area contributed by atoms with Crippen molar-refractivity contribution in [2.75, 3.05) is 18.0 Å². The van der Waals surface area contributed by atoms with Gasteiger partial charge < -0.3 is 4.90 Å². The molecule has 0 fully saturated rings. The molecule has 2 aliphatic rings. The molecule has 0 radical (unpaired) electrons. The molecule has 2 aromatic heterocycles. The van der Waals surface area contributed by atoms with Crippen LogP contribution < -0.4 is 4.90 Å². The smallest absolute Gasteiger partial charge is 0.304 e. The molecule has 53 heavy (non-hydrogen) atoms. The van der Waals surface area contributed by atoms with Crippen LogP contribution >= 0.6 is 22.7 Å². The van der Waals surface area contributed by atoms with Crippen molar-refractivity contribution < 1.29 is 30.5 Å². The minimum atomic E-state index is -4.72. The standard InChI is InChI=1S/C41H50N2O6S4/c1-7-9-11-16-23-42-30-20-21-32-28(22-25-50-32)37(30)40(3,4)34(42)18-14-13-15-19-35-41(5,6)38-29-26-36(53(47,48)49)51-39(29)33(52(44,45)46)27-31(38)43(35)24-17-12-10-8-2/h13-15,18-22,25-27H,7-12,16-17,23-24H2,1-6H3,(H-,44,45,46,47,48,49)/p+1. The number of unbranched alkanes of at least 4 members (excludes halogenated alkanes) is 6. The number of benzene rings is 2. The summed E-state index contributed by atoms with van der Waals surface area (Å²) in [6, 6.07) is 9.56. The highest BCUT2D eigenvalue weighted by Gasteiger charge is 2.46. The molecule has 4 heterocycles. The summed E-state index contributed by atoms with van der Waals surface area (Å²) in [7, 11) is -9.33. The highest BCUT2D eigenvalue weighted by Crippen LogP contribution is 2.54. The van der Waals surface area contributed by atoms with Crippen molar-refractivity contribution in [3.05, 3.63) is 82.9 Å². The van der Waals surface area contributed by atoms with E-state index in [0.29, 0.717) is 29.0 Å². The van der Waals surface area contributed by atoms with Crippen LogP contribution in [0.25, 0.3) is 20.2 Å². The molecule has 0 aliphatic carbocycles. The Morgan fingerprint density at radius 1 is 0.792 bits per heavy atom. The zero-order valence-electron chi connectivity index (χ0n) is 31.5. The van der Waals surface area contributed by atoms with E-state index in [-0.39, 0.29) is 19.2 Å². The first-order chi connectivity index (χ1) is 25.0. The van der Waals surface area contributed by atoms with Crippen LogP contribution in [0.15, 0.2) is 80.9 Å². The Kier molecular flexibility index (Phi) is 11.3. The second kappa shape index (κ2) is 15.2. The highest BCUT2D eigenvalue weighted by atomic mass is 32.3. The third-order valence-corrected chi connectivity index (χ3v) is 15.1. The summed E-state index contributed by atoms with van der Waals surface area (Å²) in [4.78, 5) is 1.74. The van der Waals surface area contributed by atoms with E-state index in [1.165, 1.54) is 58.4 Å². The summed E-state index contributed by atoms with van der Waals surface area (Å²) >= 11 is 2.43. The van der Waals surface area contributed by atoms with E-state index in [2.05, 4.69) is 79.0 Å². The molecule has 0 saturated carbocycles. The average Bonchev–Trinajstić information content (AvgIpc) is 3.83. The van der Waals surface area contributed by atoms with E-state index < -0.39 is 25.7 Å². The number of anilines is 1. The molecule has 2 aliphatic heterocycles. The van der Waals surface area contributed by atoms with Gasteiger partial charge >= 0.3 is 10.1 Å². The highest BCUT2D eigenvalue weighted by molar-refractivity contribution is 7.88. The number of hydrogen-bond acceptors (Lipinski definition) is 7. The van der Waals surface area contributed by atoms with Crippen molar-refractivity contribution >= 4 is 80.2 Å². The maximum atomic E-state index is 12.7. The largest absolute Gasteiger partial charge is 0.344 e. The predicted octanol–water partition coefficient (Wildman–Crippen LogP) is 10.9. The fourth-order valence-electron chi connectivity index (χ4n) is 8.26. The van der Waals surface area contributed by atoms with Crippen molar-refractivity contribution in [1.29, 1.82) is 0 Å². The van der Waals surface area contributed by atoms with E-state index in [4.69, 9.17) is 0 Å². The van der Waals surface area contributed by atoms with Gasteiger partial charge in [0.1, 0.15) is 15.6 Å². The molecule has 0 spiro atoms. The molecular formula is C41H51N2O6S4+. The molecular weight excluding hydrogens is 745 g/mol. The van der Waals surface area contributed by atoms with Gasteiger partial charge in [0, 0.05) is 62.9 Å². The second-order valence-corrected chi connectivity index (χ2v) is 20.2. The zero-order chi connectivity index (χ0) is 38.3. The first kappa shape index (κ1) is 39.6. The molecule has 2 N–H and O–H groups in total. The third kappa shape index (κ3) is 7.47. The molecule has 12 heteroatoms. The van der Waals surface area contributed by atoms with Crippen molar-refractivity contribution in [2.45, 2.75) is 113 Å². The van der Waals surface area contributed by atoms with Crippen LogP contribution in [0.1, 0.15) is 104 Å². The lowest BCUT2D eigenvalue weighted by atomic mass is 9.80. The molecule has 0 atom stereocenters. The van der Waals surface area contributed by atoms with Crippen LogP contribution in [0, 0.1) is 0 Å². The topological polar surface area (TPSA) is 115 Å². The maximum Gasteiger partial charge on any atom is 0.304 e. The Hall–Kier alpha value is -3.13. The van der Waals surface area contributed by atoms with E-state index >= 15 is 0 Å². The summed E-state index contributed by atoms with van der Waals surface area (Å²) in [6.45, 7) is 14.7. The number of fused-ring (bicyclic) bond motifs is 6. The normalized spacial score (nSPS) is 17.8. The Balaban J connectivity index is 1.40. The summed E-state index contributed by atoms with van der Waals surface area (Å²) in [5.41, 5.74) is 5.38. The van der Waals surface area contributed by atoms with Crippen molar-refractivity contribution in [1.82, 2.24) is 0 Å². The van der Waals surface area contributed by atoms with Gasteiger partial charge in [-0.05, 0) is 68.0 Å². The van der Waals surface area contributed by atoms with Gasteiger partial charge in [-0.1, -0.05) is 78.0 Å². The van der Waals surface area contributed by atoms with Gasteiger partial charge in [-0.25, -0.2) is 0 Å². The maximum absolute atomic E-state index is 12.7. The van der Waals surface area contributed by atoms with Gasteiger partial charge in [0.2, 0.25) is 5.69 Å². The van der Waals surface area contributed by atoms with Crippen molar-refractivity contribution in [3.8, 4) is 0 Å². The molecule has 2 aromatic carbocycles. The lowest BCUT2D eigenvalue weighted by Gasteiger charge is -2.27. The SMILES string of the molecule is CCCCCCN1/C(=C/C=C/C=C/C2=[N+](CCCCCC)c3ccc4sccc4c3C2(C)C)C(C)(C)c2c1cc(S(=O)(=O)O)c1sc(S(=O)(=O)O)cc21. The molecule has 4 aromatic rings. The van der Waals surface area contributed by atoms with Crippen LogP contribution in [0.2, 0.25) is 0 Å². The zero-order valence-corrected chi connectivity index (χ0v) is 34.7. The minimum Gasteiger partial charge on any atom is -0.344 e. The molecule has 8 nitrogen and oxygen atoms in total. The van der Waals surface area contributed by atoms with E-state index in [0.717, 1.165) is 49.9 Å². The van der Waals surface area contributed by atoms with Gasteiger partial charge in [-0.3, -0.25) is 9.11 Å². The van der Waals surface area contributed by atoms with Crippen LogP contribution in [0.5, 0.6) is 0 Å². The van der Waals surface area contributed by atoms with E-state index in [1.54, 1.807) is 11.3 Å². The third-order valence-electron chi connectivity index (χ3n) is 10.8. The molecule has 0 saturated heterocycles. The summed E-state index contributed by atoms with van der Waals surface area (Å²) in [5, 5.41) is 3.89. The summed E-state index contributed by atoms with van der Waals surface area (Å²) < 4.78 is 73.5. The first-order valence-corrected chi connectivity index (χ1v) is 23.2. The Morgan fingerprint density at radius 2 is 1.51 bits per heavy atom. The van der Waals surface area contributed by atoms with Gasteiger partial charge in [0.15, 0.2) is 5.71 Å². The van der Waals surface area contributed by atoms with Crippen LogP contribution in [0.4, 0.5) is 11.4 Å². The number of thiophene rings is 2. The lowest BCUT2D eigenvalue weighted by molar-refractivity contribution is -0.438. The van der Waals surface area contributed by atoms with Crippen LogP contribution in [-0.2, 0) is 31.1 Å². The van der Waals surface area contributed by atoms with Gasteiger partial charge in [-0.2, -0.15) is 21.4 Å². The first-order valence-electron chi connectivity index (χ1n) is 18.6. The second-order valence-electron chi connectivity index (χ2n) is 15.2. The number of hydrogen-bond donors (Lipinski definition) is 2. The minimum absolute atomic E-state index is 0.105. The average molecular weight is 796 g/mol. The Labute approximate surface area is 322 Å². The monoisotopic (exact) mass is 795 g/mol. The molecule has 0 unspecified atom stereocenters. The molecule has 284 valence electrons. The van der Waals surface area contributed by atoms with E-state index in [9.17, 15) is 25.9 Å². The van der Waals surface area contributed by atoms with E-state index in [1.807, 2.05) is 26.0 Å². The number of rotatable bonds is 15. The fraction of sp³-hybridized carbons (Fsp3) is 0.439. The van der Waals surface area contributed by atoms with Gasteiger partial charge in [0.25, 0.3) is 10.1 Å². The quantitative estimate of drug-likeness (QED) is 0.0533. The lowest BCUT2D eigenvalue weighted by Crippen LogP contribution is -2.28. The van der Waals surface area contributed by atoms with Crippen molar-refractivity contribution in [2.24, 2.45) is 0 Å². The van der Waals surface area contributed by atoms with Crippen LogP contribution in [-0.4, -0.2) is 49.3 Å². The molecule has 0 amide bonds. The van der Waals surface area contributed by atoms with Crippen molar-refractivity contribution in [3.63, 3.8) is 0 Å².